The zero-order valence-electron chi connectivity index (χ0n) is 17.1. The first-order valence-electron chi connectivity index (χ1n) is 10.8. The van der Waals surface area contributed by atoms with Crippen LogP contribution in [0.25, 0.3) is 11.4 Å². The summed E-state index contributed by atoms with van der Waals surface area (Å²) in [6, 6.07) is 7.73. The highest BCUT2D eigenvalue weighted by molar-refractivity contribution is 5.85. The molecule has 0 unspecified atom stereocenters. The van der Waals surface area contributed by atoms with Crippen LogP contribution in [0.15, 0.2) is 28.8 Å². The van der Waals surface area contributed by atoms with Crippen LogP contribution in [0.5, 0.6) is 0 Å². The van der Waals surface area contributed by atoms with E-state index in [9.17, 15) is 4.79 Å². The number of halogens is 1. The van der Waals surface area contributed by atoms with Crippen molar-refractivity contribution in [2.45, 2.75) is 57.0 Å². The molecule has 162 valence electrons. The molecular formula is C22H30ClN5O2. The average Bonchev–Trinajstić information content (AvgIpc) is 3.15. The van der Waals surface area contributed by atoms with Gasteiger partial charge in [-0.1, -0.05) is 29.4 Å². The van der Waals surface area contributed by atoms with Gasteiger partial charge in [-0.15, -0.1) is 12.4 Å². The molecule has 0 radical (unpaired) electrons. The third-order valence-corrected chi connectivity index (χ3v) is 6.96. The molecular weight excluding hydrogens is 402 g/mol. The minimum atomic E-state index is -0.0657. The Morgan fingerprint density at radius 3 is 2.33 bits per heavy atom. The number of benzene rings is 1. The lowest BCUT2D eigenvalue weighted by molar-refractivity contribution is -0.0135. The molecule has 0 spiro atoms. The highest BCUT2D eigenvalue weighted by Gasteiger charge is 2.51. The number of carbonyl (C=O) groups is 1. The lowest BCUT2D eigenvalue weighted by Crippen LogP contribution is -2.61. The van der Waals surface area contributed by atoms with Crippen molar-refractivity contribution in [1.82, 2.24) is 20.8 Å². The maximum absolute atomic E-state index is 12.5. The van der Waals surface area contributed by atoms with Crippen LogP contribution in [-0.2, 0) is 13.0 Å². The molecule has 4 bridgehead atoms. The Balaban J connectivity index is 0.00000218. The topological polar surface area (TPSA) is 106 Å². The summed E-state index contributed by atoms with van der Waals surface area (Å²) in [5, 5.41) is 10.3. The Morgan fingerprint density at radius 1 is 1.10 bits per heavy atom. The minimum Gasteiger partial charge on any atom is -0.339 e. The van der Waals surface area contributed by atoms with Gasteiger partial charge in [-0.3, -0.25) is 0 Å². The first kappa shape index (κ1) is 21.1. The molecule has 4 aliphatic carbocycles. The molecule has 4 N–H and O–H groups in total. The number of urea groups is 1. The molecule has 0 aliphatic heterocycles. The number of carbonyl (C=O) groups excluding carboxylic acids is 1. The van der Waals surface area contributed by atoms with Crippen molar-refractivity contribution in [1.29, 1.82) is 0 Å². The molecule has 7 nitrogen and oxygen atoms in total. The molecule has 4 saturated carbocycles. The standard InChI is InChI=1S/C22H29N5O2.ClH/c23-13-14-1-3-18(4-2-14)20-25-19(29-27-20)5-6-24-21(28)26-22-10-15-7-16(11-22)9-17(8-15)12-22;/h1-4,15-17H,5-13,23H2,(H2,24,26,28);1H. The Kier molecular flexibility index (Phi) is 6.02. The second kappa shape index (κ2) is 8.55. The lowest BCUT2D eigenvalue weighted by atomic mass is 9.53. The Morgan fingerprint density at radius 2 is 1.73 bits per heavy atom. The van der Waals surface area contributed by atoms with Crippen LogP contribution in [0.3, 0.4) is 0 Å². The number of rotatable bonds is 6. The van der Waals surface area contributed by atoms with Gasteiger partial charge in [0.2, 0.25) is 11.7 Å². The van der Waals surface area contributed by atoms with Crippen molar-refractivity contribution in [2.75, 3.05) is 6.54 Å². The minimum absolute atomic E-state index is 0. The second-order valence-corrected chi connectivity index (χ2v) is 9.24. The highest BCUT2D eigenvalue weighted by Crippen LogP contribution is 2.55. The van der Waals surface area contributed by atoms with Crippen LogP contribution in [0.4, 0.5) is 4.79 Å². The lowest BCUT2D eigenvalue weighted by Gasteiger charge is -2.56. The van der Waals surface area contributed by atoms with Crippen LogP contribution in [0, 0.1) is 17.8 Å². The van der Waals surface area contributed by atoms with E-state index < -0.39 is 0 Å². The zero-order valence-corrected chi connectivity index (χ0v) is 17.9. The maximum Gasteiger partial charge on any atom is 0.315 e. The first-order valence-corrected chi connectivity index (χ1v) is 10.8. The summed E-state index contributed by atoms with van der Waals surface area (Å²) in [4.78, 5) is 16.9. The van der Waals surface area contributed by atoms with E-state index in [1.165, 1.54) is 19.3 Å². The van der Waals surface area contributed by atoms with Crippen LogP contribution in [-0.4, -0.2) is 28.3 Å². The van der Waals surface area contributed by atoms with Gasteiger partial charge < -0.3 is 20.9 Å². The number of amides is 2. The fourth-order valence-corrected chi connectivity index (χ4v) is 6.10. The Bertz CT molecular complexity index is 847. The SMILES string of the molecule is Cl.NCc1ccc(-c2noc(CCNC(=O)NC34CC5CC(CC(C5)C3)C4)n2)cc1. The van der Waals surface area contributed by atoms with Gasteiger partial charge in [-0.2, -0.15) is 4.98 Å². The number of nitrogens with zero attached hydrogens (tertiary/aromatic N) is 2. The summed E-state index contributed by atoms with van der Waals surface area (Å²) in [6.07, 6.45) is 8.10. The van der Waals surface area contributed by atoms with Crippen molar-refractivity contribution in [3.63, 3.8) is 0 Å². The van der Waals surface area contributed by atoms with Gasteiger partial charge in [0.15, 0.2) is 0 Å². The molecule has 1 heterocycles. The molecule has 0 saturated heterocycles. The molecule has 4 aliphatic rings. The van der Waals surface area contributed by atoms with Crippen LogP contribution in [0.1, 0.15) is 50.0 Å². The van der Waals surface area contributed by atoms with Crippen molar-refractivity contribution in [3.05, 3.63) is 35.7 Å². The maximum atomic E-state index is 12.5. The first-order chi connectivity index (χ1) is 14.1. The van der Waals surface area contributed by atoms with E-state index in [1.54, 1.807) is 0 Å². The molecule has 6 rings (SSSR count). The summed E-state index contributed by atoms with van der Waals surface area (Å²) in [6.45, 7) is 0.987. The predicted molar refractivity (Wildman–Crippen MR) is 116 cm³/mol. The molecule has 30 heavy (non-hydrogen) atoms. The van der Waals surface area contributed by atoms with E-state index in [0.717, 1.165) is 48.1 Å². The van der Waals surface area contributed by atoms with Crippen molar-refractivity contribution in [2.24, 2.45) is 23.5 Å². The third-order valence-electron chi connectivity index (χ3n) is 6.96. The smallest absolute Gasteiger partial charge is 0.315 e. The van der Waals surface area contributed by atoms with E-state index in [1.807, 2.05) is 24.3 Å². The van der Waals surface area contributed by atoms with Gasteiger partial charge >= 0.3 is 6.03 Å². The largest absolute Gasteiger partial charge is 0.339 e. The summed E-state index contributed by atoms with van der Waals surface area (Å²) < 4.78 is 5.33. The Hall–Kier alpha value is -2.12. The van der Waals surface area contributed by atoms with E-state index in [0.29, 0.717) is 31.2 Å². The van der Waals surface area contributed by atoms with Crippen molar-refractivity contribution in [3.8, 4) is 11.4 Å². The predicted octanol–water partition coefficient (Wildman–Crippen LogP) is 3.43. The van der Waals surface area contributed by atoms with E-state index in [2.05, 4.69) is 20.8 Å². The molecule has 0 atom stereocenters. The third kappa shape index (κ3) is 4.32. The average molecular weight is 432 g/mol. The van der Waals surface area contributed by atoms with E-state index >= 15 is 0 Å². The molecule has 1 aromatic heterocycles. The van der Waals surface area contributed by atoms with Gasteiger partial charge in [-0.05, 0) is 61.8 Å². The van der Waals surface area contributed by atoms with Crippen LogP contribution in [0.2, 0.25) is 0 Å². The summed E-state index contributed by atoms with van der Waals surface area (Å²) >= 11 is 0. The molecule has 4 fully saturated rings. The van der Waals surface area contributed by atoms with Gasteiger partial charge in [0.25, 0.3) is 0 Å². The monoisotopic (exact) mass is 431 g/mol. The normalized spacial score (nSPS) is 28.8. The second-order valence-electron chi connectivity index (χ2n) is 9.24. The fourth-order valence-electron chi connectivity index (χ4n) is 6.10. The van der Waals surface area contributed by atoms with Crippen LogP contribution < -0.4 is 16.4 Å². The number of aromatic nitrogens is 2. The van der Waals surface area contributed by atoms with Crippen LogP contribution >= 0.6 is 12.4 Å². The summed E-state index contributed by atoms with van der Waals surface area (Å²) in [5.74, 6) is 3.53. The summed E-state index contributed by atoms with van der Waals surface area (Å²) in [5.41, 5.74) is 7.62. The van der Waals surface area contributed by atoms with Crippen molar-refractivity contribution < 1.29 is 9.32 Å². The Labute approximate surface area is 183 Å². The fraction of sp³-hybridized carbons (Fsp3) is 0.591. The molecule has 1 aromatic carbocycles. The van der Waals surface area contributed by atoms with Gasteiger partial charge in [0.05, 0.1) is 0 Å². The molecule has 2 amide bonds. The summed E-state index contributed by atoms with van der Waals surface area (Å²) in [7, 11) is 0. The zero-order chi connectivity index (χ0) is 19.8. The number of nitrogens with one attached hydrogen (secondary N) is 2. The number of hydrogen-bond acceptors (Lipinski definition) is 5. The highest BCUT2D eigenvalue weighted by atomic mass is 35.5. The number of hydrogen-bond donors (Lipinski definition) is 3. The van der Waals surface area contributed by atoms with Gasteiger partial charge in [0, 0.05) is 30.6 Å². The van der Waals surface area contributed by atoms with E-state index in [-0.39, 0.29) is 24.0 Å². The quantitative estimate of drug-likeness (QED) is 0.649. The van der Waals surface area contributed by atoms with Gasteiger partial charge in [-0.25, -0.2) is 4.79 Å². The number of nitrogens with two attached hydrogens (primary N) is 1. The molecule has 8 heteroatoms. The molecule has 2 aromatic rings. The van der Waals surface area contributed by atoms with Gasteiger partial charge in [0.1, 0.15) is 0 Å². The van der Waals surface area contributed by atoms with Crippen molar-refractivity contribution >= 4 is 18.4 Å². The van der Waals surface area contributed by atoms with E-state index in [4.69, 9.17) is 10.3 Å².